The zero-order chi connectivity index (χ0) is 19.3. The summed E-state index contributed by atoms with van der Waals surface area (Å²) >= 11 is 1.51. The van der Waals surface area contributed by atoms with Gasteiger partial charge in [0, 0.05) is 17.7 Å². The Morgan fingerprint density at radius 2 is 1.93 bits per heavy atom. The fourth-order valence-electron chi connectivity index (χ4n) is 2.74. The molecule has 4 rings (SSSR count). The molecular formula is C20H19N5O2S. The van der Waals surface area contributed by atoms with Gasteiger partial charge in [-0.2, -0.15) is 4.98 Å². The Kier molecular flexibility index (Phi) is 5.38. The molecule has 4 aromatic rings. The van der Waals surface area contributed by atoms with Crippen LogP contribution < -0.4 is 4.74 Å². The molecule has 8 heteroatoms. The second-order valence-electron chi connectivity index (χ2n) is 5.96. The van der Waals surface area contributed by atoms with Gasteiger partial charge in [-0.25, -0.2) is 0 Å². The standard InChI is InChI=1S/C20H19N5O2S/c1-3-17-21-18(27-24-17)13-28-20-23-22-19(14-8-7-11-16(12-14)26-2)25(20)15-9-5-4-6-10-15/h4-12H,3,13H2,1-2H3. The fourth-order valence-corrected chi connectivity index (χ4v) is 3.53. The lowest BCUT2D eigenvalue weighted by Gasteiger charge is -2.10. The third-order valence-electron chi connectivity index (χ3n) is 4.13. The molecule has 0 aliphatic heterocycles. The van der Waals surface area contributed by atoms with Crippen LogP contribution in [0.2, 0.25) is 0 Å². The minimum Gasteiger partial charge on any atom is -0.497 e. The quantitative estimate of drug-likeness (QED) is 0.436. The molecule has 2 aromatic heterocycles. The number of thioether (sulfide) groups is 1. The monoisotopic (exact) mass is 393 g/mol. The molecule has 142 valence electrons. The Labute approximate surface area is 166 Å². The van der Waals surface area contributed by atoms with E-state index in [1.165, 1.54) is 11.8 Å². The predicted octanol–water partition coefficient (Wildman–Crippen LogP) is 4.18. The number of aromatic nitrogens is 5. The van der Waals surface area contributed by atoms with Gasteiger partial charge in [0.15, 0.2) is 16.8 Å². The summed E-state index contributed by atoms with van der Waals surface area (Å²) in [5.74, 6) is 3.32. The summed E-state index contributed by atoms with van der Waals surface area (Å²) in [6, 6.07) is 17.8. The van der Waals surface area contributed by atoms with E-state index < -0.39 is 0 Å². The third kappa shape index (κ3) is 3.77. The van der Waals surface area contributed by atoms with Crippen molar-refractivity contribution in [3.05, 3.63) is 66.3 Å². The first-order valence-electron chi connectivity index (χ1n) is 8.88. The molecule has 0 aliphatic rings. The van der Waals surface area contributed by atoms with Gasteiger partial charge in [0.05, 0.1) is 12.9 Å². The van der Waals surface area contributed by atoms with Crippen LogP contribution in [-0.4, -0.2) is 32.0 Å². The van der Waals surface area contributed by atoms with Gasteiger partial charge in [0.25, 0.3) is 0 Å². The Morgan fingerprint density at radius 3 is 2.68 bits per heavy atom. The number of rotatable bonds is 7. The molecular weight excluding hydrogens is 374 g/mol. The molecule has 0 atom stereocenters. The molecule has 2 heterocycles. The van der Waals surface area contributed by atoms with Gasteiger partial charge in [-0.05, 0) is 24.3 Å². The summed E-state index contributed by atoms with van der Waals surface area (Å²) in [6.07, 6.45) is 0.744. The highest BCUT2D eigenvalue weighted by Crippen LogP contribution is 2.30. The average Bonchev–Trinajstić information content (AvgIpc) is 3.39. The molecule has 0 bridgehead atoms. The molecule has 0 fully saturated rings. The van der Waals surface area contributed by atoms with E-state index in [4.69, 9.17) is 9.26 Å². The van der Waals surface area contributed by atoms with E-state index in [2.05, 4.69) is 20.3 Å². The predicted molar refractivity (Wildman–Crippen MR) is 107 cm³/mol. The van der Waals surface area contributed by atoms with Crippen molar-refractivity contribution < 1.29 is 9.26 Å². The molecule has 2 aromatic carbocycles. The zero-order valence-electron chi connectivity index (χ0n) is 15.6. The van der Waals surface area contributed by atoms with E-state index in [0.717, 1.165) is 34.4 Å². The third-order valence-corrected chi connectivity index (χ3v) is 5.04. The van der Waals surface area contributed by atoms with Crippen molar-refractivity contribution in [3.8, 4) is 22.8 Å². The lowest BCUT2D eigenvalue weighted by atomic mass is 10.2. The molecule has 28 heavy (non-hydrogen) atoms. The smallest absolute Gasteiger partial charge is 0.237 e. The molecule has 7 nitrogen and oxygen atoms in total. The van der Waals surface area contributed by atoms with Crippen molar-refractivity contribution in [2.75, 3.05) is 7.11 Å². The van der Waals surface area contributed by atoms with Crippen molar-refractivity contribution >= 4 is 11.8 Å². The highest BCUT2D eigenvalue weighted by atomic mass is 32.2. The van der Waals surface area contributed by atoms with Crippen molar-refractivity contribution in [2.24, 2.45) is 0 Å². The second kappa shape index (κ2) is 8.26. The minimum atomic E-state index is 0.524. The second-order valence-corrected chi connectivity index (χ2v) is 6.90. The van der Waals surface area contributed by atoms with Crippen LogP contribution >= 0.6 is 11.8 Å². The van der Waals surface area contributed by atoms with E-state index in [9.17, 15) is 0 Å². The summed E-state index contributed by atoms with van der Waals surface area (Å²) in [5, 5.41) is 13.5. The maximum Gasteiger partial charge on any atom is 0.237 e. The Balaban J connectivity index is 1.71. The molecule has 0 amide bonds. The van der Waals surface area contributed by atoms with Gasteiger partial charge >= 0.3 is 0 Å². The number of methoxy groups -OCH3 is 1. The summed E-state index contributed by atoms with van der Waals surface area (Å²) in [5.41, 5.74) is 1.90. The summed E-state index contributed by atoms with van der Waals surface area (Å²) in [4.78, 5) is 4.36. The van der Waals surface area contributed by atoms with Crippen LogP contribution in [-0.2, 0) is 12.2 Å². The maximum atomic E-state index is 5.36. The van der Waals surface area contributed by atoms with Gasteiger partial charge in [-0.1, -0.05) is 54.2 Å². The Hall–Kier alpha value is -3.13. The number of hydrogen-bond acceptors (Lipinski definition) is 7. The van der Waals surface area contributed by atoms with E-state index >= 15 is 0 Å². The number of nitrogens with zero attached hydrogens (tertiary/aromatic N) is 5. The van der Waals surface area contributed by atoms with E-state index in [1.807, 2.05) is 66.1 Å². The normalized spacial score (nSPS) is 10.9. The number of ether oxygens (including phenoxy) is 1. The van der Waals surface area contributed by atoms with E-state index in [1.54, 1.807) is 7.11 Å². The van der Waals surface area contributed by atoms with Crippen molar-refractivity contribution in [1.82, 2.24) is 24.9 Å². The van der Waals surface area contributed by atoms with E-state index in [-0.39, 0.29) is 0 Å². The van der Waals surface area contributed by atoms with Crippen molar-refractivity contribution in [1.29, 1.82) is 0 Å². The molecule has 0 unspecified atom stereocenters. The Morgan fingerprint density at radius 1 is 1.07 bits per heavy atom. The summed E-state index contributed by atoms with van der Waals surface area (Å²) < 4.78 is 12.7. The highest BCUT2D eigenvalue weighted by molar-refractivity contribution is 7.98. The first-order chi connectivity index (χ1) is 13.8. The van der Waals surface area contributed by atoms with Crippen molar-refractivity contribution in [3.63, 3.8) is 0 Å². The van der Waals surface area contributed by atoms with Crippen LogP contribution in [0, 0.1) is 0 Å². The molecule has 0 spiro atoms. The number of benzene rings is 2. The zero-order valence-corrected chi connectivity index (χ0v) is 16.4. The first-order valence-corrected chi connectivity index (χ1v) is 9.86. The molecule has 0 radical (unpaired) electrons. The molecule has 0 saturated heterocycles. The van der Waals surface area contributed by atoms with Gasteiger partial charge in [0.2, 0.25) is 5.89 Å². The van der Waals surface area contributed by atoms with Crippen LogP contribution in [0.4, 0.5) is 0 Å². The highest BCUT2D eigenvalue weighted by Gasteiger charge is 2.17. The minimum absolute atomic E-state index is 0.524. The fraction of sp³-hybridized carbons (Fsp3) is 0.200. The van der Waals surface area contributed by atoms with Gasteiger partial charge in [-0.3, -0.25) is 4.57 Å². The largest absolute Gasteiger partial charge is 0.497 e. The van der Waals surface area contributed by atoms with Crippen LogP contribution in [0.25, 0.3) is 17.1 Å². The van der Waals surface area contributed by atoms with Crippen molar-refractivity contribution in [2.45, 2.75) is 24.3 Å². The van der Waals surface area contributed by atoms with Crippen LogP contribution in [0.1, 0.15) is 18.6 Å². The number of aryl methyl sites for hydroxylation is 1. The maximum absolute atomic E-state index is 5.36. The number of hydrogen-bond donors (Lipinski definition) is 0. The van der Waals surface area contributed by atoms with Crippen LogP contribution in [0.3, 0.4) is 0 Å². The van der Waals surface area contributed by atoms with Crippen LogP contribution in [0.15, 0.2) is 64.3 Å². The van der Waals surface area contributed by atoms with E-state index in [0.29, 0.717) is 17.5 Å². The topological polar surface area (TPSA) is 78.9 Å². The molecule has 0 saturated carbocycles. The average molecular weight is 393 g/mol. The lowest BCUT2D eigenvalue weighted by Crippen LogP contribution is -2.00. The first kappa shape index (κ1) is 18.2. The summed E-state index contributed by atoms with van der Waals surface area (Å²) in [7, 11) is 1.65. The lowest BCUT2D eigenvalue weighted by molar-refractivity contribution is 0.385. The van der Waals surface area contributed by atoms with Gasteiger partial charge in [-0.15, -0.1) is 10.2 Å². The SMILES string of the molecule is CCc1noc(CSc2nnc(-c3cccc(OC)c3)n2-c2ccccc2)n1. The molecule has 0 N–H and O–H groups in total. The van der Waals surface area contributed by atoms with Gasteiger partial charge < -0.3 is 9.26 Å². The Bertz CT molecular complexity index is 1060. The van der Waals surface area contributed by atoms with Crippen LogP contribution in [0.5, 0.6) is 5.75 Å². The summed E-state index contributed by atoms with van der Waals surface area (Å²) in [6.45, 7) is 1.99. The van der Waals surface area contributed by atoms with Gasteiger partial charge in [0.1, 0.15) is 5.75 Å². The molecule has 0 aliphatic carbocycles. The number of para-hydroxylation sites is 1.